The average Bonchev–Trinajstić information content (AvgIpc) is 2.38. The predicted octanol–water partition coefficient (Wildman–Crippen LogP) is 1.43. The first-order chi connectivity index (χ1) is 9.19. The number of hydrogen-bond acceptors (Lipinski definition) is 4. The van der Waals surface area contributed by atoms with E-state index in [4.69, 9.17) is 5.26 Å². The van der Waals surface area contributed by atoms with Gasteiger partial charge in [0.1, 0.15) is 11.6 Å². The highest BCUT2D eigenvalue weighted by Gasteiger charge is 2.42. The maximum absolute atomic E-state index is 12.6. The molecular weight excluding hydrogens is 280 g/mol. The SMILES string of the molecule is CCN(C(C)(C)C(=O)O)S(=O)(=O)c1ccccc1C#N. The molecule has 0 heterocycles. The number of carboxylic acid groups (broad SMARTS) is 1. The van der Waals surface area contributed by atoms with Gasteiger partial charge in [-0.15, -0.1) is 0 Å². The van der Waals surface area contributed by atoms with E-state index >= 15 is 0 Å². The summed E-state index contributed by atoms with van der Waals surface area (Å²) in [6.07, 6.45) is 0. The second-order valence-electron chi connectivity index (χ2n) is 4.64. The Morgan fingerprint density at radius 3 is 2.40 bits per heavy atom. The van der Waals surface area contributed by atoms with Crippen LogP contribution >= 0.6 is 0 Å². The molecule has 1 N–H and O–H groups in total. The Kier molecular flexibility index (Phi) is 4.53. The number of benzene rings is 1. The van der Waals surface area contributed by atoms with Crippen LogP contribution < -0.4 is 0 Å². The average molecular weight is 296 g/mol. The minimum atomic E-state index is -4.07. The molecule has 0 unspecified atom stereocenters. The van der Waals surface area contributed by atoms with Crippen LogP contribution in [0.25, 0.3) is 0 Å². The lowest BCUT2D eigenvalue weighted by Crippen LogP contribution is -2.52. The van der Waals surface area contributed by atoms with Gasteiger partial charge >= 0.3 is 5.97 Å². The second kappa shape index (κ2) is 5.61. The lowest BCUT2D eigenvalue weighted by atomic mass is 10.1. The van der Waals surface area contributed by atoms with Crippen LogP contribution in [0, 0.1) is 11.3 Å². The van der Waals surface area contributed by atoms with Crippen LogP contribution in [0.4, 0.5) is 0 Å². The fourth-order valence-corrected chi connectivity index (χ4v) is 3.77. The number of sulfonamides is 1. The zero-order valence-electron chi connectivity index (χ0n) is 11.5. The summed E-state index contributed by atoms with van der Waals surface area (Å²) in [7, 11) is -4.07. The number of hydrogen-bond donors (Lipinski definition) is 1. The van der Waals surface area contributed by atoms with Crippen LogP contribution in [0.5, 0.6) is 0 Å². The summed E-state index contributed by atoms with van der Waals surface area (Å²) in [5.74, 6) is -1.25. The van der Waals surface area contributed by atoms with Crippen molar-refractivity contribution in [3.8, 4) is 6.07 Å². The van der Waals surface area contributed by atoms with Gasteiger partial charge in [0.15, 0.2) is 0 Å². The number of carboxylic acids is 1. The standard InChI is InChI=1S/C13H16N2O4S/c1-4-15(13(2,3)12(16)17)20(18,19)11-8-6-5-7-10(11)9-14/h5-8H,4H2,1-3H3,(H,16,17). The fourth-order valence-electron chi connectivity index (χ4n) is 1.88. The molecule has 7 heteroatoms. The van der Waals surface area contributed by atoms with Gasteiger partial charge in [0.2, 0.25) is 10.0 Å². The molecule has 0 fully saturated rings. The molecule has 20 heavy (non-hydrogen) atoms. The van der Waals surface area contributed by atoms with E-state index in [0.29, 0.717) is 0 Å². The molecule has 0 atom stereocenters. The fraction of sp³-hybridized carbons (Fsp3) is 0.385. The highest BCUT2D eigenvalue weighted by Crippen LogP contribution is 2.26. The number of nitriles is 1. The van der Waals surface area contributed by atoms with Gasteiger partial charge in [0.05, 0.1) is 10.5 Å². The van der Waals surface area contributed by atoms with Crippen LogP contribution in [0.15, 0.2) is 29.2 Å². The van der Waals surface area contributed by atoms with Crippen molar-refractivity contribution in [2.75, 3.05) is 6.54 Å². The van der Waals surface area contributed by atoms with E-state index < -0.39 is 21.5 Å². The largest absolute Gasteiger partial charge is 0.480 e. The van der Waals surface area contributed by atoms with Crippen molar-refractivity contribution in [3.05, 3.63) is 29.8 Å². The summed E-state index contributed by atoms with van der Waals surface area (Å²) in [6.45, 7) is 4.16. The van der Waals surface area contributed by atoms with Crippen LogP contribution in [0.2, 0.25) is 0 Å². The molecule has 0 aliphatic rings. The maximum Gasteiger partial charge on any atom is 0.324 e. The Bertz CT molecular complexity index is 659. The predicted molar refractivity (Wildman–Crippen MR) is 72.4 cm³/mol. The van der Waals surface area contributed by atoms with E-state index in [-0.39, 0.29) is 17.0 Å². The van der Waals surface area contributed by atoms with E-state index in [2.05, 4.69) is 0 Å². The molecule has 0 aliphatic heterocycles. The van der Waals surface area contributed by atoms with Gasteiger partial charge < -0.3 is 5.11 Å². The van der Waals surface area contributed by atoms with Crippen LogP contribution in [0.3, 0.4) is 0 Å². The Balaban J connectivity index is 3.49. The van der Waals surface area contributed by atoms with Gasteiger partial charge in [-0.3, -0.25) is 4.79 Å². The van der Waals surface area contributed by atoms with Gasteiger partial charge in [0, 0.05) is 6.54 Å². The molecule has 0 spiro atoms. The summed E-state index contributed by atoms with van der Waals surface area (Å²) < 4.78 is 26.1. The minimum Gasteiger partial charge on any atom is -0.480 e. The topological polar surface area (TPSA) is 98.5 Å². The number of aliphatic carboxylic acids is 1. The quantitative estimate of drug-likeness (QED) is 0.886. The van der Waals surface area contributed by atoms with Crippen molar-refractivity contribution < 1.29 is 18.3 Å². The van der Waals surface area contributed by atoms with Gasteiger partial charge in [-0.25, -0.2) is 8.42 Å². The summed E-state index contributed by atoms with van der Waals surface area (Å²) >= 11 is 0. The summed E-state index contributed by atoms with van der Waals surface area (Å²) in [6, 6.07) is 7.54. The van der Waals surface area contributed by atoms with E-state index in [0.717, 1.165) is 4.31 Å². The first kappa shape index (κ1) is 16.1. The third kappa shape index (κ3) is 2.66. The Hall–Kier alpha value is -1.91. The van der Waals surface area contributed by atoms with E-state index in [1.807, 2.05) is 6.07 Å². The molecule has 0 saturated heterocycles. The summed E-state index contributed by atoms with van der Waals surface area (Å²) in [5, 5.41) is 18.2. The van der Waals surface area contributed by atoms with Crippen LogP contribution in [-0.2, 0) is 14.8 Å². The molecule has 6 nitrogen and oxygen atoms in total. The molecule has 1 aromatic rings. The van der Waals surface area contributed by atoms with E-state index in [9.17, 15) is 18.3 Å². The Labute approximate surface area is 118 Å². The molecule has 1 aromatic carbocycles. The number of nitrogens with zero attached hydrogens (tertiary/aromatic N) is 2. The number of carbonyl (C=O) groups is 1. The first-order valence-corrected chi connectivity index (χ1v) is 7.39. The maximum atomic E-state index is 12.6. The normalized spacial score (nSPS) is 12.2. The first-order valence-electron chi connectivity index (χ1n) is 5.95. The zero-order chi connectivity index (χ0) is 15.6. The molecule has 0 radical (unpaired) electrons. The van der Waals surface area contributed by atoms with Gasteiger partial charge in [-0.05, 0) is 26.0 Å². The van der Waals surface area contributed by atoms with Gasteiger partial charge in [0.25, 0.3) is 0 Å². The molecule has 0 aliphatic carbocycles. The molecule has 0 aromatic heterocycles. The lowest BCUT2D eigenvalue weighted by Gasteiger charge is -2.33. The van der Waals surface area contributed by atoms with Crippen molar-refractivity contribution >= 4 is 16.0 Å². The van der Waals surface area contributed by atoms with Crippen LogP contribution in [0.1, 0.15) is 26.3 Å². The minimum absolute atomic E-state index is 0.00728. The number of likely N-dealkylation sites (N-methyl/N-ethyl adjacent to an activating group) is 1. The van der Waals surface area contributed by atoms with E-state index in [1.54, 1.807) is 13.0 Å². The number of rotatable bonds is 5. The highest BCUT2D eigenvalue weighted by molar-refractivity contribution is 7.89. The third-order valence-corrected chi connectivity index (χ3v) is 5.22. The summed E-state index contributed by atoms with van der Waals surface area (Å²) in [4.78, 5) is 11.1. The molecule has 0 bridgehead atoms. The van der Waals surface area contributed by atoms with Crippen LogP contribution in [-0.4, -0.2) is 35.9 Å². The molecule has 1 rings (SSSR count). The van der Waals surface area contributed by atoms with Crippen molar-refractivity contribution in [1.29, 1.82) is 5.26 Å². The molecule has 0 amide bonds. The highest BCUT2D eigenvalue weighted by atomic mass is 32.2. The Morgan fingerprint density at radius 1 is 1.40 bits per heavy atom. The van der Waals surface area contributed by atoms with Gasteiger partial charge in [-0.1, -0.05) is 19.1 Å². The van der Waals surface area contributed by atoms with Crippen molar-refractivity contribution in [3.63, 3.8) is 0 Å². The van der Waals surface area contributed by atoms with Gasteiger partial charge in [-0.2, -0.15) is 9.57 Å². The zero-order valence-corrected chi connectivity index (χ0v) is 12.3. The lowest BCUT2D eigenvalue weighted by molar-refractivity contribution is -0.146. The van der Waals surface area contributed by atoms with Crippen molar-refractivity contribution in [1.82, 2.24) is 4.31 Å². The second-order valence-corrected chi connectivity index (χ2v) is 6.47. The Morgan fingerprint density at radius 2 is 1.95 bits per heavy atom. The monoisotopic (exact) mass is 296 g/mol. The van der Waals surface area contributed by atoms with E-state index in [1.165, 1.54) is 32.0 Å². The summed E-state index contributed by atoms with van der Waals surface area (Å²) in [5.41, 5.74) is -1.61. The third-order valence-electron chi connectivity index (χ3n) is 3.01. The molecule has 0 saturated carbocycles. The molecular formula is C13H16N2O4S. The van der Waals surface area contributed by atoms with Crippen molar-refractivity contribution in [2.45, 2.75) is 31.2 Å². The van der Waals surface area contributed by atoms with Crippen molar-refractivity contribution in [2.24, 2.45) is 0 Å². The smallest absolute Gasteiger partial charge is 0.324 e. The molecule has 108 valence electrons.